The highest BCUT2D eigenvalue weighted by Gasteiger charge is 2.21. The van der Waals surface area contributed by atoms with Crippen molar-refractivity contribution >= 4 is 15.8 Å². The third-order valence-electron chi connectivity index (χ3n) is 3.69. The zero-order chi connectivity index (χ0) is 18.4. The van der Waals surface area contributed by atoms with Crippen LogP contribution in [0, 0.1) is 0 Å². The Kier molecular flexibility index (Phi) is 12.3. The van der Waals surface area contributed by atoms with E-state index in [1.165, 1.54) is 25.3 Å². The van der Waals surface area contributed by atoms with Gasteiger partial charge < -0.3 is 9.64 Å². The van der Waals surface area contributed by atoms with E-state index < -0.39 is 15.8 Å². The van der Waals surface area contributed by atoms with Crippen molar-refractivity contribution in [3.05, 3.63) is 23.3 Å². The van der Waals surface area contributed by atoms with Crippen LogP contribution in [0.4, 0.5) is 0 Å². The van der Waals surface area contributed by atoms with E-state index in [1.54, 1.807) is 12.3 Å². The lowest BCUT2D eigenvalue weighted by molar-refractivity contribution is -0.138. The number of allylic oxidation sites excluding steroid dienone is 2. The number of carbonyl (C=O) groups is 1. The molecule has 0 rings (SSSR count). The second-order valence-electron chi connectivity index (χ2n) is 5.77. The van der Waals surface area contributed by atoms with Gasteiger partial charge >= 0.3 is 5.97 Å². The van der Waals surface area contributed by atoms with Gasteiger partial charge in [0.15, 0.2) is 14.7 Å². The Morgan fingerprint density at radius 2 is 1.58 bits per heavy atom. The maximum absolute atomic E-state index is 12.0. The van der Waals surface area contributed by atoms with Crippen LogP contribution in [0.5, 0.6) is 0 Å². The molecule has 0 N–H and O–H groups in total. The number of unbranched alkanes of at least 4 members (excludes halogenated alkanes) is 5. The summed E-state index contributed by atoms with van der Waals surface area (Å²) >= 11 is 0. The molecule has 0 aliphatic heterocycles. The van der Waals surface area contributed by atoms with Gasteiger partial charge in [-0.25, -0.2) is 13.2 Å². The van der Waals surface area contributed by atoms with Gasteiger partial charge in [0, 0.05) is 19.3 Å². The molecule has 5 nitrogen and oxygen atoms in total. The summed E-state index contributed by atoms with van der Waals surface area (Å²) in [4.78, 5) is 13.7. The molecule has 0 aromatic heterocycles. The van der Waals surface area contributed by atoms with Crippen molar-refractivity contribution in [1.82, 2.24) is 4.90 Å². The molecule has 0 aliphatic rings. The standard InChI is InChI=1S/C18H33NO4S/c1-5-8-9-10-11-12-16-23-18(20)17(24(4,21)22)14-13-15-19(6-2)7-3/h13-15H,5-12,16H2,1-4H3/b15-13+,17-14+. The normalized spacial score (nSPS) is 12.6. The fourth-order valence-electron chi connectivity index (χ4n) is 2.15. The Morgan fingerprint density at radius 3 is 2.12 bits per heavy atom. The monoisotopic (exact) mass is 359 g/mol. The van der Waals surface area contributed by atoms with E-state index in [2.05, 4.69) is 6.92 Å². The van der Waals surface area contributed by atoms with Gasteiger partial charge in [-0.15, -0.1) is 0 Å². The molecule has 0 aromatic rings. The predicted molar refractivity (Wildman–Crippen MR) is 99.3 cm³/mol. The lowest BCUT2D eigenvalue weighted by atomic mass is 10.1. The number of sulfone groups is 1. The summed E-state index contributed by atoms with van der Waals surface area (Å²) in [6.45, 7) is 8.07. The average molecular weight is 360 g/mol. The van der Waals surface area contributed by atoms with Gasteiger partial charge in [0.1, 0.15) is 0 Å². The highest BCUT2D eigenvalue weighted by atomic mass is 32.2. The Balaban J connectivity index is 4.53. The van der Waals surface area contributed by atoms with Gasteiger partial charge in [-0.1, -0.05) is 39.0 Å². The van der Waals surface area contributed by atoms with Crippen molar-refractivity contribution in [2.24, 2.45) is 0 Å². The van der Waals surface area contributed by atoms with E-state index in [0.717, 1.165) is 38.6 Å². The molecule has 0 spiro atoms. The molecule has 0 aliphatic carbocycles. The number of rotatable bonds is 13. The third kappa shape index (κ3) is 10.5. The molecular formula is C18H33NO4S. The van der Waals surface area contributed by atoms with Crippen LogP contribution in [0.1, 0.15) is 59.3 Å². The van der Waals surface area contributed by atoms with E-state index in [4.69, 9.17) is 4.74 Å². The quantitative estimate of drug-likeness (QED) is 0.217. The number of carbonyl (C=O) groups excluding carboxylic acids is 1. The fraction of sp³-hybridized carbons (Fsp3) is 0.722. The highest BCUT2D eigenvalue weighted by molar-refractivity contribution is 7.95. The smallest absolute Gasteiger partial charge is 0.349 e. The van der Waals surface area contributed by atoms with Gasteiger partial charge in [-0.05, 0) is 38.6 Å². The zero-order valence-corrected chi connectivity index (χ0v) is 16.4. The molecule has 0 amide bonds. The minimum Gasteiger partial charge on any atom is -0.462 e. The summed E-state index contributed by atoms with van der Waals surface area (Å²) in [5, 5.41) is 0. The first kappa shape index (κ1) is 22.7. The molecule has 0 unspecified atom stereocenters. The summed E-state index contributed by atoms with van der Waals surface area (Å²) in [5.74, 6) is -0.768. The lowest BCUT2D eigenvalue weighted by Gasteiger charge is -2.14. The van der Waals surface area contributed by atoms with Crippen LogP contribution >= 0.6 is 0 Å². The van der Waals surface area contributed by atoms with Gasteiger partial charge in [0.05, 0.1) is 6.61 Å². The first-order chi connectivity index (χ1) is 11.4. The third-order valence-corrected chi connectivity index (χ3v) is 4.79. The van der Waals surface area contributed by atoms with Crippen molar-refractivity contribution in [3.63, 3.8) is 0 Å². The summed E-state index contributed by atoms with van der Waals surface area (Å²) in [6, 6.07) is 0. The van der Waals surface area contributed by atoms with Gasteiger partial charge in [0.25, 0.3) is 0 Å². The SMILES string of the molecule is CCCCCCCCOC(=O)/C(=C\C=C\N(CC)CC)S(C)(=O)=O. The van der Waals surface area contributed by atoms with Crippen molar-refractivity contribution in [3.8, 4) is 0 Å². The summed E-state index contributed by atoms with van der Waals surface area (Å²) in [6.07, 6.45) is 12.2. The van der Waals surface area contributed by atoms with Crippen molar-refractivity contribution < 1.29 is 17.9 Å². The molecule has 0 aromatic carbocycles. The topological polar surface area (TPSA) is 63.7 Å². The van der Waals surface area contributed by atoms with E-state index >= 15 is 0 Å². The maximum atomic E-state index is 12.0. The van der Waals surface area contributed by atoms with E-state index in [1.807, 2.05) is 18.7 Å². The van der Waals surface area contributed by atoms with Gasteiger partial charge in [-0.2, -0.15) is 0 Å². The van der Waals surface area contributed by atoms with Crippen molar-refractivity contribution in [2.75, 3.05) is 26.0 Å². The van der Waals surface area contributed by atoms with Crippen LogP contribution in [0.3, 0.4) is 0 Å². The Bertz CT molecular complexity index is 505. The van der Waals surface area contributed by atoms with E-state index in [0.29, 0.717) is 0 Å². The van der Waals surface area contributed by atoms with Gasteiger partial charge in [0.2, 0.25) is 0 Å². The molecule has 0 bridgehead atoms. The number of ether oxygens (including phenoxy) is 1. The fourth-order valence-corrected chi connectivity index (χ4v) is 2.84. The van der Waals surface area contributed by atoms with E-state index in [-0.39, 0.29) is 11.5 Å². The second-order valence-corrected chi connectivity index (χ2v) is 7.75. The van der Waals surface area contributed by atoms with Gasteiger partial charge in [-0.3, -0.25) is 0 Å². The van der Waals surface area contributed by atoms with Crippen molar-refractivity contribution in [1.29, 1.82) is 0 Å². The Hall–Kier alpha value is -1.30. The molecule has 6 heteroatoms. The first-order valence-corrected chi connectivity index (χ1v) is 10.8. The lowest BCUT2D eigenvalue weighted by Crippen LogP contribution is -2.17. The molecule has 0 saturated carbocycles. The second kappa shape index (κ2) is 13.0. The molecule has 140 valence electrons. The van der Waals surface area contributed by atoms with E-state index in [9.17, 15) is 13.2 Å². The Morgan fingerprint density at radius 1 is 1.00 bits per heavy atom. The summed E-state index contributed by atoms with van der Waals surface area (Å²) in [7, 11) is -3.61. The molecular weight excluding hydrogens is 326 g/mol. The molecule has 24 heavy (non-hydrogen) atoms. The number of esters is 1. The predicted octanol–water partition coefficient (Wildman–Crippen LogP) is 3.67. The number of nitrogens with zero attached hydrogens (tertiary/aromatic N) is 1. The first-order valence-electron chi connectivity index (χ1n) is 8.86. The minimum atomic E-state index is -3.61. The van der Waals surface area contributed by atoms with Crippen molar-refractivity contribution in [2.45, 2.75) is 59.3 Å². The van der Waals surface area contributed by atoms with Crippen LogP contribution in [0.15, 0.2) is 23.3 Å². The molecule has 0 atom stereocenters. The van der Waals surface area contributed by atoms with Crippen LogP contribution < -0.4 is 0 Å². The van der Waals surface area contributed by atoms with Crippen LogP contribution in [-0.2, 0) is 19.4 Å². The number of hydrogen-bond acceptors (Lipinski definition) is 5. The highest BCUT2D eigenvalue weighted by Crippen LogP contribution is 2.10. The largest absolute Gasteiger partial charge is 0.462 e. The van der Waals surface area contributed by atoms with Crippen LogP contribution in [0.25, 0.3) is 0 Å². The molecule has 0 radical (unpaired) electrons. The number of hydrogen-bond donors (Lipinski definition) is 0. The Labute approximate surface area is 147 Å². The summed E-state index contributed by atoms with van der Waals surface area (Å²) < 4.78 is 28.7. The molecule has 0 fully saturated rings. The zero-order valence-electron chi connectivity index (χ0n) is 15.6. The minimum absolute atomic E-state index is 0.261. The molecule has 0 saturated heterocycles. The summed E-state index contributed by atoms with van der Waals surface area (Å²) in [5.41, 5.74) is 0. The van der Waals surface area contributed by atoms with Crippen LogP contribution in [0.2, 0.25) is 0 Å². The average Bonchev–Trinajstić information content (AvgIpc) is 2.53. The maximum Gasteiger partial charge on any atom is 0.349 e. The van der Waals surface area contributed by atoms with Crippen LogP contribution in [-0.4, -0.2) is 45.2 Å². The molecule has 0 heterocycles.